The molecule has 166 valence electrons. The lowest BCUT2D eigenvalue weighted by atomic mass is 9.89. The number of ether oxygens (including phenoxy) is 1. The van der Waals surface area contributed by atoms with Crippen molar-refractivity contribution in [3.05, 3.63) is 138 Å². The second kappa shape index (κ2) is 10.6. The zero-order chi connectivity index (χ0) is 23.0. The van der Waals surface area contributed by atoms with Gasteiger partial charge in [-0.1, -0.05) is 103 Å². The maximum absolute atomic E-state index is 14.3. The third-order valence-electron chi connectivity index (χ3n) is 6.06. The number of rotatable bonds is 8. The molecule has 0 aliphatic heterocycles. The van der Waals surface area contributed by atoms with Crippen LogP contribution in [0.3, 0.4) is 0 Å². The van der Waals surface area contributed by atoms with E-state index < -0.39 is 0 Å². The topological polar surface area (TPSA) is 29.5 Å². The van der Waals surface area contributed by atoms with Crippen LogP contribution >= 0.6 is 0 Å². The molecular formula is C30H29NO2. The van der Waals surface area contributed by atoms with Crippen LogP contribution in [0, 0.1) is 0 Å². The first-order valence-corrected chi connectivity index (χ1v) is 11.3. The lowest BCUT2D eigenvalue weighted by molar-refractivity contribution is -0.134. The molecule has 0 aliphatic rings. The van der Waals surface area contributed by atoms with Crippen molar-refractivity contribution in [1.82, 2.24) is 4.90 Å². The molecule has 0 spiro atoms. The van der Waals surface area contributed by atoms with Crippen molar-refractivity contribution in [1.29, 1.82) is 0 Å². The molecule has 3 heteroatoms. The van der Waals surface area contributed by atoms with Crippen LogP contribution in [-0.2, 0) is 11.3 Å². The first-order valence-electron chi connectivity index (χ1n) is 11.3. The maximum Gasteiger partial charge on any atom is 0.235 e. The Morgan fingerprint density at radius 1 is 0.697 bits per heavy atom. The summed E-state index contributed by atoms with van der Waals surface area (Å²) in [4.78, 5) is 16.3. The van der Waals surface area contributed by atoms with Gasteiger partial charge in [-0.15, -0.1) is 0 Å². The number of carbonyl (C=O) groups excluding carboxylic acids is 1. The molecule has 0 aromatic heterocycles. The molecule has 0 heterocycles. The summed E-state index contributed by atoms with van der Waals surface area (Å²) in [7, 11) is 1.66. The molecule has 1 atom stereocenters. The van der Waals surface area contributed by atoms with Crippen molar-refractivity contribution in [2.24, 2.45) is 0 Å². The van der Waals surface area contributed by atoms with Crippen molar-refractivity contribution in [2.75, 3.05) is 7.11 Å². The Morgan fingerprint density at radius 3 is 1.61 bits per heavy atom. The van der Waals surface area contributed by atoms with Gasteiger partial charge in [-0.25, -0.2) is 0 Å². The minimum atomic E-state index is -0.378. The Labute approximate surface area is 196 Å². The highest BCUT2D eigenvalue weighted by atomic mass is 16.5. The summed E-state index contributed by atoms with van der Waals surface area (Å²) in [5.41, 5.74) is 4.16. The summed E-state index contributed by atoms with van der Waals surface area (Å²) in [5, 5.41) is 0. The number of hydrogen-bond acceptors (Lipinski definition) is 2. The Balaban J connectivity index is 1.75. The molecular weight excluding hydrogens is 406 g/mol. The summed E-state index contributed by atoms with van der Waals surface area (Å²) in [6, 6.07) is 38.1. The van der Waals surface area contributed by atoms with E-state index in [0.717, 1.165) is 28.0 Å². The molecule has 0 fully saturated rings. The summed E-state index contributed by atoms with van der Waals surface area (Å²) in [6.45, 7) is 2.61. The van der Waals surface area contributed by atoms with Gasteiger partial charge in [-0.3, -0.25) is 4.79 Å². The average molecular weight is 436 g/mol. The molecule has 0 radical (unpaired) electrons. The van der Waals surface area contributed by atoms with E-state index in [1.165, 1.54) is 0 Å². The third kappa shape index (κ3) is 5.32. The zero-order valence-electron chi connectivity index (χ0n) is 19.1. The summed E-state index contributed by atoms with van der Waals surface area (Å²) in [5.74, 6) is 0.510. The van der Waals surface area contributed by atoms with Crippen LogP contribution in [0.2, 0.25) is 0 Å². The highest BCUT2D eigenvalue weighted by Crippen LogP contribution is 2.32. The van der Waals surface area contributed by atoms with E-state index >= 15 is 0 Å². The molecule has 1 unspecified atom stereocenters. The average Bonchev–Trinajstić information content (AvgIpc) is 2.89. The van der Waals surface area contributed by atoms with Crippen molar-refractivity contribution >= 4 is 5.91 Å². The van der Waals surface area contributed by atoms with E-state index in [-0.39, 0.29) is 17.9 Å². The first kappa shape index (κ1) is 22.3. The lowest BCUT2D eigenvalue weighted by Gasteiger charge is -2.33. The van der Waals surface area contributed by atoms with E-state index in [2.05, 4.69) is 19.1 Å². The van der Waals surface area contributed by atoms with Gasteiger partial charge in [-0.2, -0.15) is 0 Å². The minimum absolute atomic E-state index is 0.0829. The van der Waals surface area contributed by atoms with Crippen molar-refractivity contribution in [3.63, 3.8) is 0 Å². The Morgan fingerprint density at radius 2 is 1.15 bits per heavy atom. The fourth-order valence-corrected chi connectivity index (χ4v) is 4.18. The number of benzene rings is 4. The minimum Gasteiger partial charge on any atom is -0.497 e. The van der Waals surface area contributed by atoms with E-state index in [9.17, 15) is 4.79 Å². The van der Waals surface area contributed by atoms with E-state index in [4.69, 9.17) is 4.74 Å². The Bertz CT molecular complexity index is 1100. The normalized spacial score (nSPS) is 11.7. The van der Waals surface area contributed by atoms with Crippen LogP contribution in [0.25, 0.3) is 0 Å². The monoisotopic (exact) mass is 435 g/mol. The van der Waals surface area contributed by atoms with Gasteiger partial charge in [0.05, 0.1) is 19.1 Å². The number of methoxy groups -OCH3 is 1. The lowest BCUT2D eigenvalue weighted by Crippen LogP contribution is -2.37. The van der Waals surface area contributed by atoms with Crippen molar-refractivity contribution < 1.29 is 9.53 Å². The molecule has 0 aliphatic carbocycles. The summed E-state index contributed by atoms with van der Waals surface area (Å²) < 4.78 is 5.31. The van der Waals surface area contributed by atoms with Gasteiger partial charge >= 0.3 is 0 Å². The van der Waals surface area contributed by atoms with Crippen LogP contribution < -0.4 is 4.74 Å². The van der Waals surface area contributed by atoms with Gasteiger partial charge in [0.2, 0.25) is 5.91 Å². The van der Waals surface area contributed by atoms with Gasteiger partial charge in [0.1, 0.15) is 5.75 Å². The van der Waals surface area contributed by atoms with Crippen molar-refractivity contribution in [2.45, 2.75) is 25.4 Å². The van der Waals surface area contributed by atoms with E-state index in [1.807, 2.05) is 108 Å². The number of carbonyl (C=O) groups is 1. The number of hydrogen-bond donors (Lipinski definition) is 0. The van der Waals surface area contributed by atoms with Crippen LogP contribution in [0.1, 0.15) is 41.1 Å². The molecule has 4 aromatic carbocycles. The molecule has 33 heavy (non-hydrogen) atoms. The summed E-state index contributed by atoms with van der Waals surface area (Å²) in [6.07, 6.45) is 0. The number of amides is 1. The van der Waals surface area contributed by atoms with Crippen LogP contribution in [0.5, 0.6) is 5.75 Å². The van der Waals surface area contributed by atoms with Crippen LogP contribution in [0.4, 0.5) is 0 Å². The first-order chi connectivity index (χ1) is 16.2. The van der Waals surface area contributed by atoms with Gasteiger partial charge in [0.15, 0.2) is 0 Å². The molecule has 0 bridgehead atoms. The molecule has 4 aromatic rings. The predicted octanol–water partition coefficient (Wildman–Crippen LogP) is 6.62. The van der Waals surface area contributed by atoms with Gasteiger partial charge in [0.25, 0.3) is 0 Å². The second-order valence-electron chi connectivity index (χ2n) is 8.16. The standard InChI is InChI=1S/C30H29NO2/c1-23(25-12-6-3-7-13-25)31(22-24-18-20-28(33-2)21-19-24)30(32)29(26-14-8-4-9-15-26)27-16-10-5-11-17-27/h3-21,23,29H,22H2,1-2H3. The Kier molecular flexibility index (Phi) is 7.21. The van der Waals surface area contributed by atoms with E-state index in [1.54, 1.807) is 7.11 Å². The molecule has 0 saturated carbocycles. The predicted molar refractivity (Wildman–Crippen MR) is 133 cm³/mol. The fourth-order valence-electron chi connectivity index (χ4n) is 4.18. The van der Waals surface area contributed by atoms with Crippen LogP contribution in [-0.4, -0.2) is 17.9 Å². The summed E-state index contributed by atoms with van der Waals surface area (Å²) >= 11 is 0. The van der Waals surface area contributed by atoms with Gasteiger partial charge < -0.3 is 9.64 Å². The third-order valence-corrected chi connectivity index (χ3v) is 6.06. The quantitative estimate of drug-likeness (QED) is 0.311. The fraction of sp³-hybridized carbons (Fsp3) is 0.167. The Hall–Kier alpha value is -3.85. The SMILES string of the molecule is COc1ccc(CN(C(=O)C(c2ccccc2)c2ccccc2)C(C)c2ccccc2)cc1. The van der Waals surface area contributed by atoms with Gasteiger partial charge in [0, 0.05) is 6.54 Å². The smallest absolute Gasteiger partial charge is 0.235 e. The van der Waals surface area contributed by atoms with Crippen LogP contribution in [0.15, 0.2) is 115 Å². The molecule has 4 rings (SSSR count). The molecule has 1 amide bonds. The van der Waals surface area contributed by atoms with Gasteiger partial charge in [-0.05, 0) is 41.3 Å². The molecule has 0 N–H and O–H groups in total. The maximum atomic E-state index is 14.3. The highest BCUT2D eigenvalue weighted by Gasteiger charge is 2.31. The zero-order valence-corrected chi connectivity index (χ0v) is 19.1. The van der Waals surface area contributed by atoms with E-state index in [0.29, 0.717) is 6.54 Å². The highest BCUT2D eigenvalue weighted by molar-refractivity contribution is 5.87. The molecule has 3 nitrogen and oxygen atoms in total. The second-order valence-corrected chi connectivity index (χ2v) is 8.16. The molecule has 0 saturated heterocycles. The van der Waals surface area contributed by atoms with Crippen molar-refractivity contribution in [3.8, 4) is 5.75 Å². The number of nitrogens with zero attached hydrogens (tertiary/aromatic N) is 1. The largest absolute Gasteiger partial charge is 0.497 e.